The molecule has 0 spiro atoms. The minimum absolute atomic E-state index is 0.635. The fraction of sp³-hybridized carbons (Fsp3) is 0.0588. The van der Waals surface area contributed by atoms with Crippen molar-refractivity contribution < 1.29 is 0 Å². The Bertz CT molecular complexity index is 1810. The molecule has 4 aromatic heterocycles. The molecule has 1 aliphatic heterocycles. The molecule has 0 atom stereocenters. The second-order valence-electron chi connectivity index (χ2n) is 9.11. The summed E-state index contributed by atoms with van der Waals surface area (Å²) in [6.07, 6.45) is 16.5. The van der Waals surface area contributed by atoms with E-state index < -0.39 is 0 Å². The van der Waals surface area contributed by atoms with Gasteiger partial charge in [-0.2, -0.15) is 0 Å². The van der Waals surface area contributed by atoms with Crippen molar-refractivity contribution in [1.29, 1.82) is 0 Å². The molecule has 204 valence electrons. The molecule has 42 heavy (non-hydrogen) atoms. The first kappa shape index (κ1) is 27.8. The zero-order valence-corrected chi connectivity index (χ0v) is 23.4. The summed E-state index contributed by atoms with van der Waals surface area (Å²) in [6, 6.07) is 17.1. The highest BCUT2D eigenvalue weighted by molar-refractivity contribution is 6.21. The largest absolute Gasteiger partial charge is 0.262 e. The van der Waals surface area contributed by atoms with Crippen LogP contribution in [0.5, 0.6) is 0 Å². The van der Waals surface area contributed by atoms with Gasteiger partial charge in [0.05, 0.1) is 39.9 Å². The summed E-state index contributed by atoms with van der Waals surface area (Å²) in [6.45, 7) is 11.3. The molecule has 8 nitrogen and oxygen atoms in total. The van der Waals surface area contributed by atoms with Crippen LogP contribution in [0.3, 0.4) is 0 Å². The lowest BCUT2D eigenvalue weighted by molar-refractivity contribution is 1.20. The summed E-state index contributed by atoms with van der Waals surface area (Å²) < 4.78 is 0. The van der Waals surface area contributed by atoms with Gasteiger partial charge in [-0.1, -0.05) is 24.3 Å². The number of aromatic nitrogens is 4. The number of pyridine rings is 4. The minimum Gasteiger partial charge on any atom is -0.262 e. The van der Waals surface area contributed by atoms with Crippen molar-refractivity contribution in [3.05, 3.63) is 144 Å². The Hall–Kier alpha value is -5.76. The van der Waals surface area contributed by atoms with Crippen molar-refractivity contribution in [3.8, 4) is 0 Å². The Balaban J connectivity index is 1.62. The third kappa shape index (κ3) is 6.03. The van der Waals surface area contributed by atoms with Crippen molar-refractivity contribution in [2.45, 2.75) is 13.8 Å². The van der Waals surface area contributed by atoms with Gasteiger partial charge >= 0.3 is 0 Å². The highest BCUT2D eigenvalue weighted by atomic mass is 14.9. The summed E-state index contributed by atoms with van der Waals surface area (Å²) in [7, 11) is 0. The zero-order valence-electron chi connectivity index (χ0n) is 23.4. The molecule has 0 fully saturated rings. The van der Waals surface area contributed by atoms with Gasteiger partial charge in [-0.05, 0) is 93.5 Å². The molecular formula is C34H28N8. The quantitative estimate of drug-likeness (QED) is 0.172. The van der Waals surface area contributed by atoms with E-state index in [1.54, 1.807) is 24.8 Å². The zero-order chi connectivity index (χ0) is 29.3. The van der Waals surface area contributed by atoms with Crippen LogP contribution in [-0.4, -0.2) is 44.8 Å². The number of allylic oxidation sites excluding steroid dienone is 6. The van der Waals surface area contributed by atoms with Gasteiger partial charge in [-0.25, -0.2) is 9.98 Å². The molecule has 0 amide bonds. The summed E-state index contributed by atoms with van der Waals surface area (Å²) in [4.78, 5) is 36.8. The number of hydrogen-bond acceptors (Lipinski definition) is 8. The van der Waals surface area contributed by atoms with E-state index in [1.807, 2.05) is 98.8 Å². The van der Waals surface area contributed by atoms with Crippen LogP contribution in [0.15, 0.2) is 135 Å². The fourth-order valence-corrected chi connectivity index (χ4v) is 4.27. The molecule has 0 aliphatic carbocycles. The molecule has 0 saturated heterocycles. The number of fused-ring (bicyclic) bond motifs is 2. The van der Waals surface area contributed by atoms with Gasteiger partial charge in [0.1, 0.15) is 17.1 Å². The Morgan fingerprint density at radius 1 is 0.690 bits per heavy atom. The van der Waals surface area contributed by atoms with Gasteiger partial charge in [-0.15, -0.1) is 0 Å². The first-order chi connectivity index (χ1) is 20.6. The average Bonchev–Trinajstić information content (AvgIpc) is 3.03. The van der Waals surface area contributed by atoms with E-state index in [4.69, 9.17) is 15.0 Å². The van der Waals surface area contributed by atoms with Crippen LogP contribution in [0.25, 0.3) is 11.4 Å². The van der Waals surface area contributed by atoms with Crippen LogP contribution in [-0.2, 0) is 0 Å². The highest BCUT2D eigenvalue weighted by Gasteiger charge is 2.21. The highest BCUT2D eigenvalue weighted by Crippen LogP contribution is 2.31. The van der Waals surface area contributed by atoms with Crippen LogP contribution >= 0.6 is 0 Å². The number of aliphatic imine (C=N–C) groups is 4. The molecular weight excluding hydrogens is 520 g/mol. The minimum atomic E-state index is 0.635. The summed E-state index contributed by atoms with van der Waals surface area (Å²) >= 11 is 0. The molecule has 0 bridgehead atoms. The fourth-order valence-electron chi connectivity index (χ4n) is 4.27. The van der Waals surface area contributed by atoms with Gasteiger partial charge in [0.2, 0.25) is 0 Å². The van der Waals surface area contributed by atoms with E-state index in [0.29, 0.717) is 51.3 Å². The SMILES string of the molecule is C=N\C(=C/C=C(C)/C1=N/c2cccnc2/C(c2ccc(/C(=C/C=C\C)N=C)nc2)=N\c2cccnc21)c1ccccn1. The van der Waals surface area contributed by atoms with Gasteiger partial charge in [0.25, 0.3) is 0 Å². The third-order valence-electron chi connectivity index (χ3n) is 6.36. The van der Waals surface area contributed by atoms with Crippen LogP contribution < -0.4 is 0 Å². The van der Waals surface area contributed by atoms with E-state index in [-0.39, 0.29) is 0 Å². The standard InChI is InChI=1S/C34H28N8/c1-5-6-11-25(35-3)28-18-16-24(22-40-28)32-34-30(14-10-21-39-34)41-31(33-29(42-32)13-9-20-38-33)23(2)15-17-26(36-4)27-12-7-8-19-37-27/h5-22H,3-4H2,1-2H3/b6-5-,23-15+,25-11-,26-17-,33-31?,34-32?,41-30?,41-31-,42-29?,42-32-. The summed E-state index contributed by atoms with van der Waals surface area (Å²) in [5.41, 5.74) is 8.33. The first-order valence-electron chi connectivity index (χ1n) is 13.2. The van der Waals surface area contributed by atoms with Gasteiger partial charge in [0, 0.05) is 30.4 Å². The van der Waals surface area contributed by atoms with Crippen LogP contribution in [0.2, 0.25) is 0 Å². The van der Waals surface area contributed by atoms with E-state index >= 15 is 0 Å². The van der Waals surface area contributed by atoms with E-state index in [9.17, 15) is 0 Å². The van der Waals surface area contributed by atoms with Crippen molar-refractivity contribution in [1.82, 2.24) is 19.9 Å². The number of rotatable bonds is 8. The molecule has 1 aliphatic rings. The lowest BCUT2D eigenvalue weighted by atomic mass is 10.0. The Morgan fingerprint density at radius 3 is 2.05 bits per heavy atom. The maximum atomic E-state index is 5.08. The topological polar surface area (TPSA) is 101 Å². The van der Waals surface area contributed by atoms with E-state index in [0.717, 1.165) is 16.8 Å². The Labute approximate surface area is 244 Å². The lowest BCUT2D eigenvalue weighted by Gasteiger charge is -2.16. The molecule has 0 N–H and O–H groups in total. The van der Waals surface area contributed by atoms with Crippen molar-refractivity contribution in [2.75, 3.05) is 0 Å². The predicted octanol–water partition coefficient (Wildman–Crippen LogP) is 7.18. The molecule has 8 heteroatoms. The molecule has 5 rings (SSSR count). The molecule has 0 saturated carbocycles. The van der Waals surface area contributed by atoms with Gasteiger partial charge in [0.15, 0.2) is 0 Å². The average molecular weight is 549 g/mol. The van der Waals surface area contributed by atoms with E-state index in [2.05, 4.69) is 38.4 Å². The summed E-state index contributed by atoms with van der Waals surface area (Å²) in [5.74, 6) is 0. The van der Waals surface area contributed by atoms with Crippen molar-refractivity contribution >= 4 is 47.6 Å². The maximum absolute atomic E-state index is 5.08. The van der Waals surface area contributed by atoms with Crippen molar-refractivity contribution in [2.24, 2.45) is 20.0 Å². The number of hydrogen-bond donors (Lipinski definition) is 0. The molecule has 0 aromatic carbocycles. The van der Waals surface area contributed by atoms with Crippen molar-refractivity contribution in [3.63, 3.8) is 0 Å². The maximum Gasteiger partial charge on any atom is 0.115 e. The smallest absolute Gasteiger partial charge is 0.115 e. The lowest BCUT2D eigenvalue weighted by Crippen LogP contribution is -2.13. The first-order valence-corrected chi connectivity index (χ1v) is 13.2. The van der Waals surface area contributed by atoms with Crippen LogP contribution in [0.4, 0.5) is 11.4 Å². The Morgan fingerprint density at radius 2 is 1.38 bits per heavy atom. The van der Waals surface area contributed by atoms with Crippen LogP contribution in [0, 0.1) is 0 Å². The second kappa shape index (κ2) is 13.1. The van der Waals surface area contributed by atoms with Gasteiger partial charge in [-0.3, -0.25) is 29.9 Å². The molecule has 0 unspecified atom stereocenters. The van der Waals surface area contributed by atoms with Crippen LogP contribution in [0.1, 0.15) is 42.2 Å². The van der Waals surface area contributed by atoms with Gasteiger partial charge < -0.3 is 0 Å². The molecule has 5 heterocycles. The summed E-state index contributed by atoms with van der Waals surface area (Å²) in [5, 5.41) is 0. The molecule has 4 aromatic rings. The van der Waals surface area contributed by atoms with E-state index in [1.165, 1.54) is 0 Å². The number of nitrogens with zero attached hydrogens (tertiary/aromatic N) is 8. The predicted molar refractivity (Wildman–Crippen MR) is 172 cm³/mol. The Kier molecular flexibility index (Phi) is 8.64. The second-order valence-corrected chi connectivity index (χ2v) is 9.11. The normalized spacial score (nSPS) is 16.3. The monoisotopic (exact) mass is 548 g/mol. The third-order valence-corrected chi connectivity index (χ3v) is 6.36. The molecule has 0 radical (unpaired) electrons.